The summed E-state index contributed by atoms with van der Waals surface area (Å²) in [5.74, 6) is 0.273. The number of anilines is 1. The van der Waals surface area contributed by atoms with Gasteiger partial charge in [0.1, 0.15) is 5.00 Å². The zero-order valence-electron chi connectivity index (χ0n) is 16.9. The number of amides is 1. The molecular formula is C21H26N2O5S. The van der Waals surface area contributed by atoms with E-state index in [4.69, 9.17) is 14.2 Å². The molecule has 1 N–H and O–H groups in total. The number of benzene rings is 1. The Morgan fingerprint density at radius 2 is 1.97 bits per heavy atom. The zero-order valence-corrected chi connectivity index (χ0v) is 17.8. The van der Waals surface area contributed by atoms with Gasteiger partial charge in [-0.05, 0) is 37.1 Å². The standard InChI is InChI=1S/C21H26N2O5S/c1-4-10-23-11-9-14-17(12-23)29-20(19(14)21(25)27-3)22-18(24)13-28-16-8-6-5-7-15(16)26-2/h5-8H,4,9-13H2,1-3H3,(H,22,24). The number of nitrogens with one attached hydrogen (secondary N) is 1. The molecule has 0 radical (unpaired) electrons. The summed E-state index contributed by atoms with van der Waals surface area (Å²) in [6.45, 7) is 4.65. The Morgan fingerprint density at radius 3 is 2.66 bits per heavy atom. The molecule has 2 aromatic rings. The number of ether oxygens (including phenoxy) is 3. The van der Waals surface area contributed by atoms with Crippen LogP contribution in [0.2, 0.25) is 0 Å². The van der Waals surface area contributed by atoms with Gasteiger partial charge in [-0.3, -0.25) is 9.69 Å². The highest BCUT2D eigenvalue weighted by Crippen LogP contribution is 2.37. The van der Waals surface area contributed by atoms with Gasteiger partial charge in [0.05, 0.1) is 19.8 Å². The van der Waals surface area contributed by atoms with Gasteiger partial charge in [-0.2, -0.15) is 0 Å². The van der Waals surface area contributed by atoms with Gasteiger partial charge in [-0.1, -0.05) is 19.1 Å². The topological polar surface area (TPSA) is 77.1 Å². The van der Waals surface area contributed by atoms with Gasteiger partial charge in [0.25, 0.3) is 5.91 Å². The molecule has 1 aromatic carbocycles. The van der Waals surface area contributed by atoms with Crippen LogP contribution in [0.5, 0.6) is 11.5 Å². The van der Waals surface area contributed by atoms with Gasteiger partial charge in [-0.25, -0.2) is 4.79 Å². The highest BCUT2D eigenvalue weighted by Gasteiger charge is 2.29. The summed E-state index contributed by atoms with van der Waals surface area (Å²) in [7, 11) is 2.90. The van der Waals surface area contributed by atoms with Gasteiger partial charge in [-0.15, -0.1) is 11.3 Å². The second-order valence-corrected chi connectivity index (χ2v) is 7.82. The Bertz CT molecular complexity index is 880. The van der Waals surface area contributed by atoms with Crippen molar-refractivity contribution in [2.45, 2.75) is 26.3 Å². The van der Waals surface area contributed by atoms with E-state index in [-0.39, 0.29) is 12.5 Å². The van der Waals surface area contributed by atoms with Crippen LogP contribution < -0.4 is 14.8 Å². The smallest absolute Gasteiger partial charge is 0.341 e. The van der Waals surface area contributed by atoms with Gasteiger partial charge < -0.3 is 19.5 Å². The second kappa shape index (κ2) is 9.76. The number of carbonyl (C=O) groups is 2. The summed E-state index contributed by atoms with van der Waals surface area (Å²) in [4.78, 5) is 28.3. The molecule has 1 aliphatic rings. The van der Waals surface area contributed by atoms with E-state index in [1.807, 2.05) is 6.07 Å². The predicted octanol–water partition coefficient (Wildman–Crippen LogP) is 3.33. The van der Waals surface area contributed by atoms with Crippen molar-refractivity contribution in [1.82, 2.24) is 4.90 Å². The molecule has 0 unspecified atom stereocenters. The number of esters is 1. The lowest BCUT2D eigenvalue weighted by Gasteiger charge is -2.26. The molecule has 0 bridgehead atoms. The summed E-state index contributed by atoms with van der Waals surface area (Å²) in [6.07, 6.45) is 1.85. The predicted molar refractivity (Wildman–Crippen MR) is 112 cm³/mol. The van der Waals surface area contributed by atoms with Crippen LogP contribution in [0.15, 0.2) is 24.3 Å². The van der Waals surface area contributed by atoms with Crippen molar-refractivity contribution in [3.05, 3.63) is 40.3 Å². The first-order valence-electron chi connectivity index (χ1n) is 9.58. The quantitative estimate of drug-likeness (QED) is 0.663. The van der Waals surface area contributed by atoms with E-state index in [0.29, 0.717) is 22.1 Å². The zero-order chi connectivity index (χ0) is 20.8. The molecule has 29 heavy (non-hydrogen) atoms. The average Bonchev–Trinajstić information content (AvgIpc) is 3.09. The van der Waals surface area contributed by atoms with Crippen LogP contribution >= 0.6 is 11.3 Å². The molecule has 0 saturated carbocycles. The Balaban J connectivity index is 1.74. The minimum absolute atomic E-state index is 0.189. The summed E-state index contributed by atoms with van der Waals surface area (Å²) >= 11 is 1.44. The van der Waals surface area contributed by atoms with Crippen molar-refractivity contribution >= 4 is 28.2 Å². The molecule has 7 nitrogen and oxygen atoms in total. The molecule has 1 aliphatic heterocycles. The maximum atomic E-state index is 12.5. The monoisotopic (exact) mass is 418 g/mol. The van der Waals surface area contributed by atoms with Crippen molar-refractivity contribution in [1.29, 1.82) is 0 Å². The van der Waals surface area contributed by atoms with Crippen molar-refractivity contribution < 1.29 is 23.8 Å². The van der Waals surface area contributed by atoms with E-state index < -0.39 is 5.97 Å². The first kappa shape index (κ1) is 21.1. The normalized spacial score (nSPS) is 13.5. The molecule has 8 heteroatoms. The molecular weight excluding hydrogens is 392 g/mol. The lowest BCUT2D eigenvalue weighted by molar-refractivity contribution is -0.118. The number of hydrogen-bond acceptors (Lipinski definition) is 7. The van der Waals surface area contributed by atoms with Crippen LogP contribution in [0.25, 0.3) is 0 Å². The summed E-state index contributed by atoms with van der Waals surface area (Å²) in [6, 6.07) is 7.13. The number of methoxy groups -OCH3 is 2. The van der Waals surface area contributed by atoms with Gasteiger partial charge in [0, 0.05) is 18.0 Å². The fraction of sp³-hybridized carbons (Fsp3) is 0.429. The van der Waals surface area contributed by atoms with Crippen LogP contribution in [0.3, 0.4) is 0 Å². The third-order valence-corrected chi connectivity index (χ3v) is 5.88. The number of thiophene rings is 1. The molecule has 0 saturated heterocycles. The molecule has 0 atom stereocenters. The first-order valence-corrected chi connectivity index (χ1v) is 10.4. The maximum absolute atomic E-state index is 12.5. The van der Waals surface area contributed by atoms with Gasteiger partial charge >= 0.3 is 5.97 Å². The Morgan fingerprint density at radius 1 is 1.21 bits per heavy atom. The fourth-order valence-corrected chi connectivity index (χ4v) is 4.71. The van der Waals surface area contributed by atoms with Crippen LogP contribution in [0.4, 0.5) is 5.00 Å². The summed E-state index contributed by atoms with van der Waals surface area (Å²) in [5, 5.41) is 3.35. The van der Waals surface area contributed by atoms with Crippen molar-refractivity contribution in [3.63, 3.8) is 0 Å². The summed E-state index contributed by atoms with van der Waals surface area (Å²) in [5.41, 5.74) is 1.45. The number of rotatable bonds is 8. The molecule has 1 aromatic heterocycles. The minimum Gasteiger partial charge on any atom is -0.493 e. The van der Waals surface area contributed by atoms with E-state index in [0.717, 1.165) is 42.9 Å². The SMILES string of the molecule is CCCN1CCc2c(sc(NC(=O)COc3ccccc3OC)c2C(=O)OC)C1. The largest absolute Gasteiger partial charge is 0.493 e. The van der Waals surface area contributed by atoms with Crippen molar-refractivity contribution in [2.24, 2.45) is 0 Å². The first-order chi connectivity index (χ1) is 14.1. The highest BCUT2D eigenvalue weighted by molar-refractivity contribution is 7.17. The Kier molecular flexibility index (Phi) is 7.11. The van der Waals surface area contributed by atoms with Gasteiger partial charge in [0.2, 0.25) is 0 Å². The number of carbonyl (C=O) groups excluding carboxylic acids is 2. The average molecular weight is 419 g/mol. The van der Waals surface area contributed by atoms with Crippen LogP contribution in [0.1, 0.15) is 34.1 Å². The lowest BCUT2D eigenvalue weighted by atomic mass is 10.0. The highest BCUT2D eigenvalue weighted by atomic mass is 32.1. The molecule has 0 aliphatic carbocycles. The lowest BCUT2D eigenvalue weighted by Crippen LogP contribution is -2.30. The number of nitrogens with zero attached hydrogens (tertiary/aromatic N) is 1. The van der Waals surface area contributed by atoms with E-state index in [1.54, 1.807) is 25.3 Å². The maximum Gasteiger partial charge on any atom is 0.341 e. The number of fused-ring (bicyclic) bond motifs is 1. The van der Waals surface area contributed by atoms with Crippen LogP contribution in [-0.2, 0) is 22.5 Å². The van der Waals surface area contributed by atoms with E-state index in [2.05, 4.69) is 17.1 Å². The third-order valence-electron chi connectivity index (χ3n) is 4.75. The van der Waals surface area contributed by atoms with Crippen LogP contribution in [-0.4, -0.2) is 50.7 Å². The molecule has 2 heterocycles. The fourth-order valence-electron chi connectivity index (χ4n) is 3.41. The molecule has 0 spiro atoms. The summed E-state index contributed by atoms with van der Waals surface area (Å²) < 4.78 is 15.8. The van der Waals surface area contributed by atoms with Gasteiger partial charge in [0.15, 0.2) is 18.1 Å². The molecule has 1 amide bonds. The van der Waals surface area contributed by atoms with E-state index in [1.165, 1.54) is 18.4 Å². The Labute approximate surface area is 174 Å². The van der Waals surface area contributed by atoms with E-state index >= 15 is 0 Å². The third kappa shape index (κ3) is 4.89. The minimum atomic E-state index is -0.424. The van der Waals surface area contributed by atoms with Crippen molar-refractivity contribution in [2.75, 3.05) is 39.2 Å². The number of hydrogen-bond donors (Lipinski definition) is 1. The molecule has 3 rings (SSSR count). The molecule has 0 fully saturated rings. The number of para-hydroxylation sites is 2. The second-order valence-electron chi connectivity index (χ2n) is 6.71. The van der Waals surface area contributed by atoms with Crippen LogP contribution in [0, 0.1) is 0 Å². The van der Waals surface area contributed by atoms with Crippen molar-refractivity contribution in [3.8, 4) is 11.5 Å². The van der Waals surface area contributed by atoms with E-state index in [9.17, 15) is 9.59 Å². The molecule has 156 valence electrons. The Hall–Kier alpha value is -2.58.